The zero-order chi connectivity index (χ0) is 20.4. The Morgan fingerprint density at radius 3 is 2.86 bits per heavy atom. The van der Waals surface area contributed by atoms with Crippen LogP contribution < -0.4 is 15.5 Å². The highest BCUT2D eigenvalue weighted by Gasteiger charge is 2.42. The fraction of sp³-hybridized carbons (Fsp3) is 0.300. The molecule has 0 bridgehead atoms. The number of carbonyl (C=O) groups excluding carboxylic acids is 2. The molecule has 9 heteroatoms. The molecule has 1 aromatic heterocycles. The maximum absolute atomic E-state index is 12.8. The van der Waals surface area contributed by atoms with Crippen molar-refractivity contribution in [2.45, 2.75) is 18.9 Å². The Labute approximate surface area is 172 Å². The van der Waals surface area contributed by atoms with Gasteiger partial charge in [-0.1, -0.05) is 35.0 Å². The van der Waals surface area contributed by atoms with Gasteiger partial charge in [-0.25, -0.2) is 4.98 Å². The first-order valence-electron chi connectivity index (χ1n) is 9.24. The summed E-state index contributed by atoms with van der Waals surface area (Å²) in [6, 6.07) is 10.8. The second-order valence-corrected chi connectivity index (χ2v) is 7.55. The first-order valence-corrected chi connectivity index (χ1v) is 9.61. The number of pyridine rings is 1. The van der Waals surface area contributed by atoms with Crippen LogP contribution in [0.25, 0.3) is 0 Å². The minimum atomic E-state index is -1.14. The van der Waals surface area contributed by atoms with Crippen LogP contribution in [0.15, 0.2) is 47.8 Å². The molecular formula is C20H20ClN5O3. The summed E-state index contributed by atoms with van der Waals surface area (Å²) in [7, 11) is 0. The van der Waals surface area contributed by atoms with Gasteiger partial charge in [-0.3, -0.25) is 9.59 Å². The molecule has 3 heterocycles. The Morgan fingerprint density at radius 2 is 2.14 bits per heavy atom. The van der Waals surface area contributed by atoms with Gasteiger partial charge >= 0.3 is 0 Å². The molecule has 0 unspecified atom stereocenters. The summed E-state index contributed by atoms with van der Waals surface area (Å²) in [4.78, 5) is 36.0. The van der Waals surface area contributed by atoms with E-state index in [1.807, 2.05) is 23.1 Å². The highest BCUT2D eigenvalue weighted by atomic mass is 35.5. The average Bonchev–Trinajstić information content (AvgIpc) is 3.12. The molecule has 150 valence electrons. The van der Waals surface area contributed by atoms with Crippen molar-refractivity contribution in [3.05, 3.63) is 53.2 Å². The smallest absolute Gasteiger partial charge is 0.271 e. The SMILES string of the molecule is C[C@]1(C(=O)Nc2ccc(N3CCNC(=O)C3)nc2)CC(c2ccccc2Cl)=NO1. The van der Waals surface area contributed by atoms with Gasteiger partial charge in [0, 0.05) is 30.1 Å². The lowest BCUT2D eigenvalue weighted by Gasteiger charge is -2.27. The Kier molecular flexibility index (Phi) is 5.10. The van der Waals surface area contributed by atoms with E-state index in [9.17, 15) is 9.59 Å². The summed E-state index contributed by atoms with van der Waals surface area (Å²) in [6.07, 6.45) is 1.87. The molecule has 8 nitrogen and oxygen atoms in total. The third kappa shape index (κ3) is 4.02. The topological polar surface area (TPSA) is 95.9 Å². The number of halogens is 1. The molecule has 2 N–H and O–H groups in total. The first-order chi connectivity index (χ1) is 13.9. The van der Waals surface area contributed by atoms with Gasteiger partial charge in [0.15, 0.2) is 0 Å². The van der Waals surface area contributed by atoms with E-state index >= 15 is 0 Å². The summed E-state index contributed by atoms with van der Waals surface area (Å²) < 4.78 is 0. The van der Waals surface area contributed by atoms with Crippen molar-refractivity contribution in [1.82, 2.24) is 10.3 Å². The van der Waals surface area contributed by atoms with Crippen molar-refractivity contribution in [2.24, 2.45) is 5.16 Å². The van der Waals surface area contributed by atoms with Gasteiger partial charge in [-0.2, -0.15) is 0 Å². The summed E-state index contributed by atoms with van der Waals surface area (Å²) in [6.45, 7) is 3.23. The van der Waals surface area contributed by atoms with E-state index in [0.717, 1.165) is 5.56 Å². The highest BCUT2D eigenvalue weighted by Crippen LogP contribution is 2.30. The number of aromatic nitrogens is 1. The molecule has 4 rings (SSSR count). The molecule has 2 aromatic rings. The minimum Gasteiger partial charge on any atom is -0.379 e. The van der Waals surface area contributed by atoms with Crippen LogP contribution in [0.5, 0.6) is 0 Å². The minimum absolute atomic E-state index is 0.0314. The number of rotatable bonds is 4. The zero-order valence-corrected chi connectivity index (χ0v) is 16.6. The zero-order valence-electron chi connectivity index (χ0n) is 15.8. The number of nitrogens with one attached hydrogen (secondary N) is 2. The fourth-order valence-corrected chi connectivity index (χ4v) is 3.49. The van der Waals surface area contributed by atoms with Crippen LogP contribution in [0, 0.1) is 0 Å². The van der Waals surface area contributed by atoms with E-state index in [0.29, 0.717) is 41.7 Å². The molecule has 0 saturated carbocycles. The van der Waals surface area contributed by atoms with Crippen LogP contribution in [0.1, 0.15) is 18.9 Å². The third-order valence-corrected chi connectivity index (χ3v) is 5.22. The molecule has 2 amide bonds. The lowest BCUT2D eigenvalue weighted by Crippen LogP contribution is -2.48. The van der Waals surface area contributed by atoms with Crippen molar-refractivity contribution in [3.63, 3.8) is 0 Å². The Balaban J connectivity index is 1.40. The number of anilines is 2. The second kappa shape index (κ2) is 7.71. The standard InChI is InChI=1S/C20H20ClN5O3/c1-20(10-16(25-29-20)14-4-2-3-5-15(14)21)19(28)24-13-6-7-17(23-11-13)26-9-8-22-18(27)12-26/h2-7,11H,8-10,12H2,1H3,(H,22,27)(H,24,28)/t20-/m1/s1. The molecule has 2 aliphatic rings. The predicted octanol–water partition coefficient (Wildman–Crippen LogP) is 2.19. The molecule has 0 radical (unpaired) electrons. The van der Waals surface area contributed by atoms with E-state index in [-0.39, 0.29) is 18.4 Å². The molecule has 1 atom stereocenters. The number of hydrogen-bond acceptors (Lipinski definition) is 6. The van der Waals surface area contributed by atoms with E-state index in [1.54, 1.807) is 31.3 Å². The Morgan fingerprint density at radius 1 is 1.31 bits per heavy atom. The molecule has 1 fully saturated rings. The van der Waals surface area contributed by atoms with Crippen molar-refractivity contribution >= 4 is 40.6 Å². The molecule has 1 aromatic carbocycles. The molecule has 0 spiro atoms. The van der Waals surface area contributed by atoms with E-state index in [2.05, 4.69) is 20.8 Å². The quantitative estimate of drug-likeness (QED) is 0.801. The van der Waals surface area contributed by atoms with Crippen LogP contribution in [0.3, 0.4) is 0 Å². The summed E-state index contributed by atoms with van der Waals surface area (Å²) in [5, 5.41) is 10.2. The lowest BCUT2D eigenvalue weighted by molar-refractivity contribution is -0.135. The van der Waals surface area contributed by atoms with Crippen LogP contribution >= 0.6 is 11.6 Å². The van der Waals surface area contributed by atoms with Crippen LogP contribution in [0.2, 0.25) is 5.02 Å². The number of piperazine rings is 1. The normalized spacial score (nSPS) is 21.2. The van der Waals surface area contributed by atoms with E-state index < -0.39 is 5.60 Å². The van der Waals surface area contributed by atoms with Gasteiger partial charge in [-0.05, 0) is 25.1 Å². The monoisotopic (exact) mass is 413 g/mol. The van der Waals surface area contributed by atoms with Crippen molar-refractivity contribution in [1.29, 1.82) is 0 Å². The molecular weight excluding hydrogens is 394 g/mol. The largest absolute Gasteiger partial charge is 0.379 e. The van der Waals surface area contributed by atoms with Gasteiger partial charge in [0.2, 0.25) is 11.5 Å². The van der Waals surface area contributed by atoms with Gasteiger partial charge in [0.05, 0.1) is 24.1 Å². The van der Waals surface area contributed by atoms with Crippen molar-refractivity contribution in [3.8, 4) is 0 Å². The number of oxime groups is 1. The Hall–Kier alpha value is -3.13. The number of benzene rings is 1. The van der Waals surface area contributed by atoms with Gasteiger partial charge < -0.3 is 20.4 Å². The van der Waals surface area contributed by atoms with Crippen LogP contribution in [0.4, 0.5) is 11.5 Å². The van der Waals surface area contributed by atoms with Crippen LogP contribution in [-0.2, 0) is 14.4 Å². The number of nitrogens with zero attached hydrogens (tertiary/aromatic N) is 3. The van der Waals surface area contributed by atoms with E-state index in [4.69, 9.17) is 16.4 Å². The maximum atomic E-state index is 12.8. The van der Waals surface area contributed by atoms with Crippen molar-refractivity contribution in [2.75, 3.05) is 29.9 Å². The molecule has 29 heavy (non-hydrogen) atoms. The summed E-state index contributed by atoms with van der Waals surface area (Å²) in [5.74, 6) is 0.330. The highest BCUT2D eigenvalue weighted by molar-refractivity contribution is 6.34. The van der Waals surface area contributed by atoms with Gasteiger partial charge in [0.25, 0.3) is 5.91 Å². The van der Waals surface area contributed by atoms with E-state index in [1.165, 1.54) is 0 Å². The molecule has 0 aliphatic carbocycles. The van der Waals surface area contributed by atoms with Crippen molar-refractivity contribution < 1.29 is 14.4 Å². The fourth-order valence-electron chi connectivity index (χ4n) is 3.25. The predicted molar refractivity (Wildman–Crippen MR) is 110 cm³/mol. The first kappa shape index (κ1) is 19.2. The Bertz CT molecular complexity index is 978. The summed E-state index contributed by atoms with van der Waals surface area (Å²) >= 11 is 6.22. The number of carbonyl (C=O) groups is 2. The number of hydrogen-bond donors (Lipinski definition) is 2. The number of amides is 2. The van der Waals surface area contributed by atoms with Gasteiger partial charge in [-0.15, -0.1) is 0 Å². The molecule has 2 aliphatic heterocycles. The van der Waals surface area contributed by atoms with Crippen LogP contribution in [-0.4, -0.2) is 47.7 Å². The maximum Gasteiger partial charge on any atom is 0.271 e. The lowest BCUT2D eigenvalue weighted by atomic mass is 9.95. The molecule has 1 saturated heterocycles. The third-order valence-electron chi connectivity index (χ3n) is 4.90. The van der Waals surface area contributed by atoms with Gasteiger partial charge in [0.1, 0.15) is 5.82 Å². The second-order valence-electron chi connectivity index (χ2n) is 7.15. The average molecular weight is 414 g/mol. The summed E-state index contributed by atoms with van der Waals surface area (Å²) in [5.41, 5.74) is 0.779.